The van der Waals surface area contributed by atoms with Crippen LogP contribution < -0.4 is 15.2 Å². The van der Waals surface area contributed by atoms with Crippen LogP contribution >= 0.6 is 0 Å². The van der Waals surface area contributed by atoms with Gasteiger partial charge in [-0.15, -0.1) is 0 Å². The van der Waals surface area contributed by atoms with Gasteiger partial charge in [-0.25, -0.2) is 0 Å². The van der Waals surface area contributed by atoms with Crippen LogP contribution in [-0.2, 0) is 0 Å². The molecule has 0 aliphatic heterocycles. The second-order valence-corrected chi connectivity index (χ2v) is 4.77. The molecule has 106 valence electrons. The van der Waals surface area contributed by atoms with Gasteiger partial charge in [-0.1, -0.05) is 6.07 Å². The Labute approximate surface area is 110 Å². The van der Waals surface area contributed by atoms with E-state index in [0.29, 0.717) is 6.54 Å². The molecular formula is C13H17F2NO3. The summed E-state index contributed by atoms with van der Waals surface area (Å²) in [6.45, 7) is -2.54. The van der Waals surface area contributed by atoms with Crippen LogP contribution in [0.1, 0.15) is 17.9 Å². The van der Waals surface area contributed by atoms with Crippen LogP contribution in [0.5, 0.6) is 11.5 Å². The largest absolute Gasteiger partial charge is 0.493 e. The van der Waals surface area contributed by atoms with E-state index in [-0.39, 0.29) is 29.4 Å². The van der Waals surface area contributed by atoms with Gasteiger partial charge in [0.05, 0.1) is 13.7 Å². The Kier molecular flexibility index (Phi) is 3.91. The number of nitrogens with two attached hydrogens (primary N) is 1. The molecule has 0 aromatic heterocycles. The van der Waals surface area contributed by atoms with Gasteiger partial charge in [0.1, 0.15) is 0 Å². The number of aliphatic hydroxyl groups is 1. The summed E-state index contributed by atoms with van der Waals surface area (Å²) in [6, 6.07) is 4.90. The van der Waals surface area contributed by atoms with E-state index in [1.54, 1.807) is 12.1 Å². The molecule has 1 aromatic rings. The Hall–Kier alpha value is -1.40. The fourth-order valence-corrected chi connectivity index (χ4v) is 2.38. The van der Waals surface area contributed by atoms with Crippen molar-refractivity contribution in [3.05, 3.63) is 23.8 Å². The third-order valence-electron chi connectivity index (χ3n) is 3.72. The standard InChI is InChI=1S/C13H17F2NO3/c1-18-10-3-2-8(4-11(10)19-12(14)15)9-5-13(9,6-16)7-17/h2-4,9,12,17H,5-7,16H2,1H3. The average Bonchev–Trinajstić information content (AvgIpc) is 3.13. The van der Waals surface area contributed by atoms with Gasteiger partial charge < -0.3 is 20.3 Å². The Morgan fingerprint density at radius 3 is 2.68 bits per heavy atom. The first kappa shape index (κ1) is 14.0. The molecule has 1 saturated carbocycles. The van der Waals surface area contributed by atoms with Gasteiger partial charge in [-0.05, 0) is 30.0 Å². The molecule has 3 N–H and O–H groups in total. The van der Waals surface area contributed by atoms with Crippen LogP contribution in [-0.4, -0.2) is 32.0 Å². The van der Waals surface area contributed by atoms with Gasteiger partial charge in [0, 0.05) is 12.0 Å². The summed E-state index contributed by atoms with van der Waals surface area (Å²) in [6.07, 6.45) is 0.750. The van der Waals surface area contributed by atoms with Crippen LogP contribution in [0.15, 0.2) is 18.2 Å². The molecule has 0 saturated heterocycles. The summed E-state index contributed by atoms with van der Waals surface area (Å²) in [5, 5.41) is 9.35. The van der Waals surface area contributed by atoms with Crippen molar-refractivity contribution >= 4 is 0 Å². The highest BCUT2D eigenvalue weighted by atomic mass is 19.3. The van der Waals surface area contributed by atoms with Crippen LogP contribution in [0.25, 0.3) is 0 Å². The third kappa shape index (κ3) is 2.64. The van der Waals surface area contributed by atoms with Gasteiger partial charge >= 0.3 is 6.61 Å². The smallest absolute Gasteiger partial charge is 0.387 e. The van der Waals surface area contributed by atoms with Gasteiger partial charge in [-0.2, -0.15) is 8.78 Å². The highest BCUT2D eigenvalue weighted by molar-refractivity contribution is 5.46. The SMILES string of the molecule is COc1ccc(C2CC2(CN)CO)cc1OC(F)F. The van der Waals surface area contributed by atoms with Crippen molar-refractivity contribution in [3.8, 4) is 11.5 Å². The highest BCUT2D eigenvalue weighted by Crippen LogP contribution is 2.58. The zero-order valence-corrected chi connectivity index (χ0v) is 10.6. The van der Waals surface area contributed by atoms with E-state index in [4.69, 9.17) is 10.5 Å². The number of ether oxygens (including phenoxy) is 2. The number of alkyl halides is 2. The first-order valence-corrected chi connectivity index (χ1v) is 6.00. The minimum atomic E-state index is -2.90. The van der Waals surface area contributed by atoms with Crippen molar-refractivity contribution in [1.82, 2.24) is 0 Å². The Balaban J connectivity index is 2.24. The molecule has 4 nitrogen and oxygen atoms in total. The lowest BCUT2D eigenvalue weighted by molar-refractivity contribution is -0.0512. The first-order chi connectivity index (χ1) is 9.06. The van der Waals surface area contributed by atoms with Crippen LogP contribution in [0.4, 0.5) is 8.78 Å². The van der Waals surface area contributed by atoms with Crippen molar-refractivity contribution in [3.63, 3.8) is 0 Å². The molecule has 6 heteroatoms. The molecule has 2 unspecified atom stereocenters. The van der Waals surface area contributed by atoms with Crippen LogP contribution in [0, 0.1) is 5.41 Å². The zero-order valence-electron chi connectivity index (χ0n) is 10.6. The molecule has 1 aliphatic rings. The van der Waals surface area contributed by atoms with Crippen LogP contribution in [0.2, 0.25) is 0 Å². The van der Waals surface area contributed by atoms with Crippen molar-refractivity contribution in [2.75, 3.05) is 20.3 Å². The van der Waals surface area contributed by atoms with Gasteiger partial charge in [0.15, 0.2) is 11.5 Å². The molecule has 0 heterocycles. The number of rotatable bonds is 6. The maximum Gasteiger partial charge on any atom is 0.387 e. The predicted molar refractivity (Wildman–Crippen MR) is 65.6 cm³/mol. The monoisotopic (exact) mass is 273 g/mol. The first-order valence-electron chi connectivity index (χ1n) is 6.00. The topological polar surface area (TPSA) is 64.7 Å². The minimum absolute atomic E-state index is 0.00533. The lowest BCUT2D eigenvalue weighted by atomic mass is 10.00. The van der Waals surface area contributed by atoms with Gasteiger partial charge in [0.2, 0.25) is 0 Å². The van der Waals surface area contributed by atoms with Gasteiger partial charge in [-0.3, -0.25) is 0 Å². The summed E-state index contributed by atoms with van der Waals surface area (Å²) in [4.78, 5) is 0. The van der Waals surface area contributed by atoms with E-state index in [9.17, 15) is 13.9 Å². The summed E-state index contributed by atoms with van der Waals surface area (Å²) < 4.78 is 34.1. The van der Waals surface area contributed by atoms with Crippen molar-refractivity contribution in [2.24, 2.45) is 11.1 Å². The normalized spacial score (nSPS) is 25.5. The molecule has 1 fully saturated rings. The fraction of sp³-hybridized carbons (Fsp3) is 0.538. The van der Waals surface area contributed by atoms with Gasteiger partial charge in [0.25, 0.3) is 0 Å². The lowest BCUT2D eigenvalue weighted by Crippen LogP contribution is -2.21. The summed E-state index contributed by atoms with van der Waals surface area (Å²) in [5.74, 6) is 0.339. The van der Waals surface area contributed by atoms with E-state index in [0.717, 1.165) is 12.0 Å². The molecular weight excluding hydrogens is 256 g/mol. The Morgan fingerprint density at radius 1 is 1.47 bits per heavy atom. The fourth-order valence-electron chi connectivity index (χ4n) is 2.38. The third-order valence-corrected chi connectivity index (χ3v) is 3.72. The van der Waals surface area contributed by atoms with E-state index in [1.165, 1.54) is 13.2 Å². The summed E-state index contributed by atoms with van der Waals surface area (Å²) >= 11 is 0. The highest BCUT2D eigenvalue weighted by Gasteiger charge is 2.53. The van der Waals surface area contributed by atoms with Crippen molar-refractivity contribution in [1.29, 1.82) is 0 Å². The predicted octanol–water partition coefficient (Wildman–Crippen LogP) is 1.72. The molecule has 2 rings (SSSR count). The molecule has 2 atom stereocenters. The Bertz CT molecular complexity index is 450. The number of hydrogen-bond acceptors (Lipinski definition) is 4. The molecule has 1 aliphatic carbocycles. The average molecular weight is 273 g/mol. The number of hydrogen-bond donors (Lipinski definition) is 2. The number of halogens is 2. The van der Waals surface area contributed by atoms with E-state index >= 15 is 0 Å². The minimum Gasteiger partial charge on any atom is -0.493 e. The number of benzene rings is 1. The quantitative estimate of drug-likeness (QED) is 0.828. The molecule has 0 bridgehead atoms. The Morgan fingerprint density at radius 2 is 2.21 bits per heavy atom. The zero-order chi connectivity index (χ0) is 14.0. The molecule has 0 amide bonds. The maximum atomic E-state index is 12.3. The lowest BCUT2D eigenvalue weighted by Gasteiger charge is -2.14. The van der Waals surface area contributed by atoms with E-state index in [1.807, 2.05) is 0 Å². The number of methoxy groups -OCH3 is 1. The second kappa shape index (κ2) is 5.30. The molecule has 0 radical (unpaired) electrons. The number of aliphatic hydroxyl groups excluding tert-OH is 1. The van der Waals surface area contributed by atoms with Crippen molar-refractivity contribution < 1.29 is 23.4 Å². The molecule has 0 spiro atoms. The molecule has 1 aromatic carbocycles. The summed E-state index contributed by atoms with van der Waals surface area (Å²) in [7, 11) is 1.39. The summed E-state index contributed by atoms with van der Waals surface area (Å²) in [5.41, 5.74) is 6.15. The van der Waals surface area contributed by atoms with Crippen LogP contribution in [0.3, 0.4) is 0 Å². The van der Waals surface area contributed by atoms with Crippen molar-refractivity contribution in [2.45, 2.75) is 19.0 Å². The maximum absolute atomic E-state index is 12.3. The second-order valence-electron chi connectivity index (χ2n) is 4.77. The van der Waals surface area contributed by atoms with E-state index < -0.39 is 6.61 Å². The molecule has 19 heavy (non-hydrogen) atoms. The van der Waals surface area contributed by atoms with E-state index in [2.05, 4.69) is 4.74 Å².